The molecule has 1 aliphatic rings. The van der Waals surface area contributed by atoms with Crippen LogP contribution >= 0.6 is 0 Å². The average Bonchev–Trinajstić information content (AvgIpc) is 2.74. The second-order valence-electron chi connectivity index (χ2n) is 6.56. The van der Waals surface area contributed by atoms with Gasteiger partial charge >= 0.3 is 18.0 Å². The summed E-state index contributed by atoms with van der Waals surface area (Å²) >= 11 is 0. The van der Waals surface area contributed by atoms with E-state index in [1.54, 1.807) is 43.3 Å². The highest BCUT2D eigenvalue weighted by atomic mass is 16.5. The standard InChI is InChI=1S/C22H22N2O6/c1-2-29-21(27)19-17(13-30-18(26)12-14-8-10-16(25)11-9-14)23-22(28)24-20(19)15-6-4-3-5-7-15/h3-11,20,25H,2,12-13H2,1H3,(H2,23,24,28). The van der Waals surface area contributed by atoms with E-state index in [1.807, 2.05) is 6.07 Å². The summed E-state index contributed by atoms with van der Waals surface area (Å²) in [5.41, 5.74) is 1.71. The number of benzene rings is 2. The summed E-state index contributed by atoms with van der Waals surface area (Å²) in [6.45, 7) is 1.55. The van der Waals surface area contributed by atoms with E-state index in [0.717, 1.165) is 0 Å². The van der Waals surface area contributed by atoms with Crippen molar-refractivity contribution >= 4 is 18.0 Å². The molecule has 1 atom stereocenters. The van der Waals surface area contributed by atoms with Gasteiger partial charge in [0.25, 0.3) is 0 Å². The molecule has 0 fully saturated rings. The molecule has 0 saturated heterocycles. The number of nitrogens with one attached hydrogen (secondary N) is 2. The van der Waals surface area contributed by atoms with Crippen molar-refractivity contribution in [2.75, 3.05) is 13.2 Å². The van der Waals surface area contributed by atoms with Crippen molar-refractivity contribution in [1.29, 1.82) is 0 Å². The quantitative estimate of drug-likeness (QED) is 0.604. The minimum absolute atomic E-state index is 0.0173. The van der Waals surface area contributed by atoms with Gasteiger partial charge in [-0.2, -0.15) is 0 Å². The summed E-state index contributed by atoms with van der Waals surface area (Å²) in [5.74, 6) is -1.05. The highest BCUT2D eigenvalue weighted by Crippen LogP contribution is 2.27. The van der Waals surface area contributed by atoms with Gasteiger partial charge < -0.3 is 25.2 Å². The van der Waals surface area contributed by atoms with Gasteiger partial charge in [0, 0.05) is 0 Å². The SMILES string of the molecule is CCOC(=O)C1=C(COC(=O)Cc2ccc(O)cc2)NC(=O)NC1c1ccccc1. The second-order valence-corrected chi connectivity index (χ2v) is 6.56. The maximum Gasteiger partial charge on any atom is 0.338 e. The Morgan fingerprint density at radius 3 is 2.40 bits per heavy atom. The van der Waals surface area contributed by atoms with E-state index in [0.29, 0.717) is 11.1 Å². The first-order valence-corrected chi connectivity index (χ1v) is 9.44. The molecule has 1 heterocycles. The predicted octanol–water partition coefficient (Wildman–Crippen LogP) is 2.35. The zero-order valence-electron chi connectivity index (χ0n) is 16.4. The van der Waals surface area contributed by atoms with Crippen LogP contribution in [0.5, 0.6) is 5.75 Å². The maximum absolute atomic E-state index is 12.6. The molecule has 156 valence electrons. The molecule has 2 amide bonds. The van der Waals surface area contributed by atoms with Crippen molar-refractivity contribution in [3.05, 3.63) is 77.0 Å². The van der Waals surface area contributed by atoms with E-state index in [2.05, 4.69) is 10.6 Å². The smallest absolute Gasteiger partial charge is 0.338 e. The molecular weight excluding hydrogens is 388 g/mol. The fourth-order valence-corrected chi connectivity index (χ4v) is 3.06. The van der Waals surface area contributed by atoms with Crippen LogP contribution in [0.1, 0.15) is 24.1 Å². The van der Waals surface area contributed by atoms with Gasteiger partial charge in [-0.3, -0.25) is 4.79 Å². The molecule has 0 radical (unpaired) electrons. The van der Waals surface area contributed by atoms with E-state index in [4.69, 9.17) is 9.47 Å². The van der Waals surface area contributed by atoms with Crippen molar-refractivity contribution in [2.24, 2.45) is 0 Å². The molecule has 1 aliphatic heterocycles. The van der Waals surface area contributed by atoms with Gasteiger partial charge in [-0.25, -0.2) is 9.59 Å². The number of phenolic OH excluding ortho intramolecular Hbond substituents is 1. The molecule has 8 nitrogen and oxygen atoms in total. The number of carbonyl (C=O) groups excluding carboxylic acids is 3. The van der Waals surface area contributed by atoms with Gasteiger partial charge in [-0.15, -0.1) is 0 Å². The predicted molar refractivity (Wildman–Crippen MR) is 107 cm³/mol. The highest BCUT2D eigenvalue weighted by Gasteiger charge is 2.34. The molecule has 3 rings (SSSR count). The first-order valence-electron chi connectivity index (χ1n) is 9.44. The number of carbonyl (C=O) groups is 3. The van der Waals surface area contributed by atoms with Crippen molar-refractivity contribution < 1.29 is 29.0 Å². The number of urea groups is 1. The molecule has 2 aromatic rings. The van der Waals surface area contributed by atoms with Crippen LogP contribution in [0.15, 0.2) is 65.9 Å². The summed E-state index contributed by atoms with van der Waals surface area (Å²) in [6, 6.07) is 13.9. The minimum Gasteiger partial charge on any atom is -0.508 e. The zero-order valence-corrected chi connectivity index (χ0v) is 16.4. The van der Waals surface area contributed by atoms with Crippen LogP contribution in [0.25, 0.3) is 0 Å². The van der Waals surface area contributed by atoms with Crippen LogP contribution < -0.4 is 10.6 Å². The lowest BCUT2D eigenvalue weighted by Crippen LogP contribution is -2.47. The fourth-order valence-electron chi connectivity index (χ4n) is 3.06. The van der Waals surface area contributed by atoms with E-state index in [9.17, 15) is 19.5 Å². The number of hydrogen-bond acceptors (Lipinski definition) is 6. The summed E-state index contributed by atoms with van der Waals surface area (Å²) in [6.07, 6.45) is -0.0173. The molecule has 0 bridgehead atoms. The molecule has 2 aromatic carbocycles. The van der Waals surface area contributed by atoms with Crippen molar-refractivity contribution in [2.45, 2.75) is 19.4 Å². The van der Waals surface area contributed by atoms with Crippen LogP contribution in [0.2, 0.25) is 0 Å². The number of amides is 2. The number of phenols is 1. The first-order chi connectivity index (χ1) is 14.5. The van der Waals surface area contributed by atoms with Crippen LogP contribution in [0.3, 0.4) is 0 Å². The Balaban J connectivity index is 1.81. The van der Waals surface area contributed by atoms with Gasteiger partial charge in [-0.05, 0) is 30.2 Å². The van der Waals surface area contributed by atoms with Crippen molar-refractivity contribution in [3.8, 4) is 5.75 Å². The molecule has 8 heteroatoms. The first kappa shape index (κ1) is 20.9. The van der Waals surface area contributed by atoms with E-state index in [1.165, 1.54) is 12.1 Å². The molecule has 0 aliphatic carbocycles. The van der Waals surface area contributed by atoms with Gasteiger partial charge in [0.1, 0.15) is 12.4 Å². The summed E-state index contributed by atoms with van der Waals surface area (Å²) in [5, 5.41) is 14.6. The number of aromatic hydroxyl groups is 1. The molecule has 0 spiro atoms. The Kier molecular flexibility index (Phi) is 6.69. The summed E-state index contributed by atoms with van der Waals surface area (Å²) < 4.78 is 10.5. The largest absolute Gasteiger partial charge is 0.508 e. The molecular formula is C22H22N2O6. The van der Waals surface area contributed by atoms with Crippen molar-refractivity contribution in [3.63, 3.8) is 0 Å². The number of rotatable bonds is 7. The van der Waals surface area contributed by atoms with E-state index >= 15 is 0 Å². The van der Waals surface area contributed by atoms with E-state index < -0.39 is 24.0 Å². The lowest BCUT2D eigenvalue weighted by Gasteiger charge is -2.29. The van der Waals surface area contributed by atoms with E-state index in [-0.39, 0.29) is 36.7 Å². The molecule has 0 saturated carbocycles. The third-order valence-electron chi connectivity index (χ3n) is 4.44. The lowest BCUT2D eigenvalue weighted by molar-refractivity contribution is -0.143. The summed E-state index contributed by atoms with van der Waals surface area (Å²) in [7, 11) is 0. The lowest BCUT2D eigenvalue weighted by atomic mass is 9.95. The van der Waals surface area contributed by atoms with Crippen LogP contribution in [0, 0.1) is 0 Å². The van der Waals surface area contributed by atoms with Gasteiger partial charge in [0.15, 0.2) is 0 Å². The number of esters is 2. The monoisotopic (exact) mass is 410 g/mol. The highest BCUT2D eigenvalue weighted by molar-refractivity contribution is 5.95. The average molecular weight is 410 g/mol. The fraction of sp³-hybridized carbons (Fsp3) is 0.227. The second kappa shape index (κ2) is 9.60. The maximum atomic E-state index is 12.6. The third-order valence-corrected chi connectivity index (χ3v) is 4.44. The van der Waals surface area contributed by atoms with Crippen molar-refractivity contribution in [1.82, 2.24) is 10.6 Å². The van der Waals surface area contributed by atoms with Crippen LogP contribution in [-0.2, 0) is 25.5 Å². The molecule has 1 unspecified atom stereocenters. The number of ether oxygens (including phenoxy) is 2. The summed E-state index contributed by atoms with van der Waals surface area (Å²) in [4.78, 5) is 37.0. The zero-order chi connectivity index (χ0) is 21.5. The topological polar surface area (TPSA) is 114 Å². The Labute approximate surface area is 173 Å². The van der Waals surface area contributed by atoms with Gasteiger partial charge in [0.05, 0.1) is 30.3 Å². The Morgan fingerprint density at radius 2 is 1.73 bits per heavy atom. The minimum atomic E-state index is -0.732. The van der Waals surface area contributed by atoms with Crippen LogP contribution in [-0.4, -0.2) is 36.3 Å². The van der Waals surface area contributed by atoms with Gasteiger partial charge in [-0.1, -0.05) is 42.5 Å². The van der Waals surface area contributed by atoms with Crippen LogP contribution in [0.4, 0.5) is 4.79 Å². The Hall–Kier alpha value is -3.81. The molecule has 3 N–H and O–H groups in total. The Bertz CT molecular complexity index is 953. The molecule has 30 heavy (non-hydrogen) atoms. The van der Waals surface area contributed by atoms with Gasteiger partial charge in [0.2, 0.25) is 0 Å². The third kappa shape index (κ3) is 5.16. The molecule has 0 aromatic heterocycles. The Morgan fingerprint density at radius 1 is 1.03 bits per heavy atom. The number of hydrogen-bond donors (Lipinski definition) is 3. The normalized spacial score (nSPS) is 15.8.